The zero-order valence-electron chi connectivity index (χ0n) is 17.3. The number of aliphatic hydroxyl groups is 1. The Bertz CT molecular complexity index is 858. The minimum absolute atomic E-state index is 0.0286. The minimum Gasteiger partial charge on any atom is -0.393 e. The van der Waals surface area contributed by atoms with E-state index in [-0.39, 0.29) is 35.6 Å². The number of hydrogen-bond acceptors (Lipinski definition) is 3. The van der Waals surface area contributed by atoms with Crippen LogP contribution in [0, 0.1) is 29.0 Å². The van der Waals surface area contributed by atoms with Crippen molar-refractivity contribution in [2.24, 2.45) is 23.2 Å². The Morgan fingerprint density at radius 3 is 2.52 bits per heavy atom. The summed E-state index contributed by atoms with van der Waals surface area (Å²) in [5.41, 5.74) is -1.22. The number of halogens is 4. The van der Waals surface area contributed by atoms with E-state index >= 15 is 0 Å². The van der Waals surface area contributed by atoms with Crippen LogP contribution in [0.25, 0.3) is 0 Å². The second-order valence-corrected chi connectivity index (χ2v) is 10.2. The molecule has 1 aromatic carbocycles. The van der Waals surface area contributed by atoms with Crippen LogP contribution in [0.1, 0.15) is 50.5 Å². The number of aliphatic hydroxyl groups excluding tert-OH is 1. The van der Waals surface area contributed by atoms with Crippen molar-refractivity contribution in [3.05, 3.63) is 29.6 Å². The third-order valence-electron chi connectivity index (χ3n) is 8.04. The quantitative estimate of drug-likeness (QED) is 0.696. The lowest BCUT2D eigenvalue weighted by Gasteiger charge is -2.58. The van der Waals surface area contributed by atoms with Crippen molar-refractivity contribution < 1.29 is 27.5 Å². The van der Waals surface area contributed by atoms with E-state index in [0.29, 0.717) is 31.5 Å². The SMILES string of the molecule is O=C(NC1CCCN(c2cc(F)cc(C(F)(F)F)c2)C1)C12CC3CC(C1)C(O)C(C3)C2. The molecule has 1 heterocycles. The predicted octanol–water partition coefficient (Wildman–Crippen LogP) is 4.12. The molecular formula is C23H28F4N2O2. The van der Waals surface area contributed by atoms with Crippen LogP contribution in [-0.2, 0) is 11.0 Å². The Balaban J connectivity index is 1.29. The van der Waals surface area contributed by atoms with Gasteiger partial charge in [-0.15, -0.1) is 0 Å². The molecule has 0 aromatic heterocycles. The number of carbonyl (C=O) groups is 1. The van der Waals surface area contributed by atoms with Crippen molar-refractivity contribution in [2.45, 2.75) is 63.3 Å². The van der Waals surface area contributed by atoms with Gasteiger partial charge < -0.3 is 15.3 Å². The largest absolute Gasteiger partial charge is 0.416 e. The molecule has 5 aliphatic rings. The first kappa shape index (κ1) is 21.0. The van der Waals surface area contributed by atoms with E-state index < -0.39 is 23.0 Å². The molecule has 2 N–H and O–H groups in total. The van der Waals surface area contributed by atoms with Gasteiger partial charge in [0.2, 0.25) is 5.91 Å². The van der Waals surface area contributed by atoms with Crippen LogP contribution >= 0.6 is 0 Å². The Morgan fingerprint density at radius 1 is 1.13 bits per heavy atom. The Labute approximate surface area is 179 Å². The smallest absolute Gasteiger partial charge is 0.393 e. The molecule has 1 aromatic rings. The average Bonchev–Trinajstić information content (AvgIpc) is 2.70. The van der Waals surface area contributed by atoms with Gasteiger partial charge in [0.1, 0.15) is 5.82 Å². The molecule has 4 bridgehead atoms. The number of carbonyl (C=O) groups excluding carboxylic acids is 1. The van der Waals surface area contributed by atoms with Gasteiger partial charge in [-0.1, -0.05) is 0 Å². The van der Waals surface area contributed by atoms with Crippen molar-refractivity contribution in [3.63, 3.8) is 0 Å². The first-order valence-electron chi connectivity index (χ1n) is 11.2. The van der Waals surface area contributed by atoms with Crippen molar-refractivity contribution >= 4 is 11.6 Å². The molecule has 0 radical (unpaired) electrons. The summed E-state index contributed by atoms with van der Waals surface area (Å²) in [7, 11) is 0. The highest BCUT2D eigenvalue weighted by molar-refractivity contribution is 5.83. The maximum Gasteiger partial charge on any atom is 0.416 e. The molecular weight excluding hydrogens is 412 g/mol. The summed E-state index contributed by atoms with van der Waals surface area (Å²) in [5.74, 6) is 0.0208. The van der Waals surface area contributed by atoms with Gasteiger partial charge in [-0.25, -0.2) is 4.39 Å². The number of nitrogens with one attached hydrogen (secondary N) is 1. The summed E-state index contributed by atoms with van der Waals surface area (Å²) < 4.78 is 53.1. The van der Waals surface area contributed by atoms with Gasteiger partial charge in [-0.2, -0.15) is 13.2 Å². The molecule has 4 aliphatic carbocycles. The summed E-state index contributed by atoms with van der Waals surface area (Å²) in [6, 6.07) is 2.43. The molecule has 4 nitrogen and oxygen atoms in total. The van der Waals surface area contributed by atoms with E-state index in [0.717, 1.165) is 50.7 Å². The Hall–Kier alpha value is -1.83. The van der Waals surface area contributed by atoms with Gasteiger partial charge in [0, 0.05) is 24.8 Å². The van der Waals surface area contributed by atoms with Gasteiger partial charge in [-0.05, 0) is 80.9 Å². The average molecular weight is 440 g/mol. The van der Waals surface area contributed by atoms with Crippen LogP contribution in [0.5, 0.6) is 0 Å². The fourth-order valence-electron chi connectivity index (χ4n) is 6.86. The fourth-order valence-corrected chi connectivity index (χ4v) is 6.86. The van der Waals surface area contributed by atoms with Crippen LogP contribution in [0.3, 0.4) is 0 Å². The Morgan fingerprint density at radius 2 is 1.84 bits per heavy atom. The van der Waals surface area contributed by atoms with Crippen LogP contribution in [-0.4, -0.2) is 36.2 Å². The number of benzene rings is 1. The number of nitrogens with zero attached hydrogens (tertiary/aromatic N) is 1. The maximum atomic E-state index is 13.9. The molecule has 5 fully saturated rings. The second kappa shape index (κ2) is 7.36. The zero-order valence-corrected chi connectivity index (χ0v) is 17.3. The molecule has 31 heavy (non-hydrogen) atoms. The van der Waals surface area contributed by atoms with Crippen LogP contribution in [0.4, 0.5) is 23.2 Å². The van der Waals surface area contributed by atoms with Crippen LogP contribution in [0.15, 0.2) is 18.2 Å². The van der Waals surface area contributed by atoms with Crippen LogP contribution < -0.4 is 10.2 Å². The van der Waals surface area contributed by atoms with Crippen molar-refractivity contribution in [2.75, 3.05) is 18.0 Å². The van der Waals surface area contributed by atoms with E-state index in [1.165, 1.54) is 0 Å². The molecule has 1 amide bonds. The van der Waals surface area contributed by atoms with Crippen molar-refractivity contribution in [3.8, 4) is 0 Å². The first-order chi connectivity index (χ1) is 14.6. The second-order valence-electron chi connectivity index (χ2n) is 10.2. The van der Waals surface area contributed by atoms with E-state index in [1.807, 2.05) is 0 Å². The lowest BCUT2D eigenvalue weighted by atomic mass is 9.48. The van der Waals surface area contributed by atoms with E-state index in [9.17, 15) is 27.5 Å². The van der Waals surface area contributed by atoms with Crippen molar-refractivity contribution in [1.82, 2.24) is 5.32 Å². The van der Waals surface area contributed by atoms with Gasteiger partial charge in [0.25, 0.3) is 0 Å². The standard InChI is InChI=1S/C23H28F4N2O2/c24-17-6-16(23(25,26)27)7-19(8-17)29-3-1-2-18(12-29)28-21(31)22-9-13-4-14(10-22)20(30)15(5-13)11-22/h6-8,13-15,18,20,30H,1-5,9-12H2,(H,28,31). The Kier molecular flexibility index (Phi) is 4.99. The zero-order chi connectivity index (χ0) is 22.0. The number of piperidine rings is 1. The van der Waals surface area contributed by atoms with E-state index in [4.69, 9.17) is 0 Å². The normalized spacial score (nSPS) is 37.2. The van der Waals surface area contributed by atoms with Crippen molar-refractivity contribution in [1.29, 1.82) is 0 Å². The molecule has 1 saturated heterocycles. The lowest BCUT2D eigenvalue weighted by Crippen LogP contribution is -2.60. The highest BCUT2D eigenvalue weighted by Crippen LogP contribution is 2.60. The summed E-state index contributed by atoms with van der Waals surface area (Å²) >= 11 is 0. The van der Waals surface area contributed by atoms with E-state index in [2.05, 4.69) is 5.32 Å². The number of anilines is 1. The van der Waals surface area contributed by atoms with E-state index in [1.54, 1.807) is 4.90 Å². The molecule has 170 valence electrons. The molecule has 3 atom stereocenters. The van der Waals surface area contributed by atoms with Gasteiger partial charge >= 0.3 is 6.18 Å². The first-order valence-corrected chi connectivity index (χ1v) is 11.2. The van der Waals surface area contributed by atoms with Gasteiger partial charge in [0.15, 0.2) is 0 Å². The molecule has 1 aliphatic heterocycles. The summed E-state index contributed by atoms with van der Waals surface area (Å²) in [6.45, 7) is 0.887. The predicted molar refractivity (Wildman–Crippen MR) is 107 cm³/mol. The molecule has 3 unspecified atom stereocenters. The third kappa shape index (κ3) is 3.81. The topological polar surface area (TPSA) is 52.6 Å². The molecule has 4 saturated carbocycles. The molecule has 0 spiro atoms. The third-order valence-corrected chi connectivity index (χ3v) is 8.04. The fraction of sp³-hybridized carbons (Fsp3) is 0.696. The number of rotatable bonds is 3. The molecule has 8 heteroatoms. The highest BCUT2D eigenvalue weighted by atomic mass is 19.4. The number of hydrogen-bond donors (Lipinski definition) is 2. The number of alkyl halides is 3. The summed E-state index contributed by atoms with van der Waals surface area (Å²) in [6.07, 6.45) is 0.886. The monoisotopic (exact) mass is 440 g/mol. The van der Waals surface area contributed by atoms with Crippen LogP contribution in [0.2, 0.25) is 0 Å². The summed E-state index contributed by atoms with van der Waals surface area (Å²) in [5, 5.41) is 13.6. The van der Waals surface area contributed by atoms with Gasteiger partial charge in [-0.3, -0.25) is 4.79 Å². The molecule has 6 rings (SSSR count). The lowest BCUT2D eigenvalue weighted by molar-refractivity contribution is -0.163. The summed E-state index contributed by atoms with van der Waals surface area (Å²) in [4.78, 5) is 15.1. The maximum absolute atomic E-state index is 13.9. The van der Waals surface area contributed by atoms with Gasteiger partial charge in [0.05, 0.1) is 17.1 Å². The number of amides is 1. The highest BCUT2D eigenvalue weighted by Gasteiger charge is 2.58. The minimum atomic E-state index is -4.61.